The molecule has 3 rings (SSSR count). The largest absolute Gasteiger partial charge is 0.348 e. The predicted molar refractivity (Wildman–Crippen MR) is 111 cm³/mol. The molecular formula is C23H31N3O2. The number of benzene rings is 1. The minimum Gasteiger partial charge on any atom is -0.348 e. The van der Waals surface area contributed by atoms with Gasteiger partial charge < -0.3 is 14.4 Å². The van der Waals surface area contributed by atoms with Crippen LogP contribution >= 0.6 is 0 Å². The third-order valence-corrected chi connectivity index (χ3v) is 5.19. The van der Waals surface area contributed by atoms with E-state index in [-0.39, 0.29) is 30.3 Å². The fraction of sp³-hybridized carbons (Fsp3) is 0.478. The van der Waals surface area contributed by atoms with Gasteiger partial charge in [0.15, 0.2) is 0 Å². The molecule has 2 amide bonds. The SMILES string of the molecule is CC(C)CN(CC(=O)N1CCn2cccc2C1c1ccccc1)C(=O)C(C)C. The Bertz CT molecular complexity index is 810. The van der Waals surface area contributed by atoms with E-state index in [1.54, 1.807) is 4.90 Å². The number of nitrogens with zero attached hydrogens (tertiary/aromatic N) is 3. The first-order valence-electron chi connectivity index (χ1n) is 10.2. The van der Waals surface area contributed by atoms with Crippen molar-refractivity contribution in [1.29, 1.82) is 0 Å². The Kier molecular flexibility index (Phi) is 6.22. The molecule has 2 heterocycles. The topological polar surface area (TPSA) is 45.6 Å². The number of aromatic nitrogens is 1. The zero-order valence-corrected chi connectivity index (χ0v) is 17.3. The molecule has 1 aromatic heterocycles. The van der Waals surface area contributed by atoms with E-state index < -0.39 is 0 Å². The van der Waals surface area contributed by atoms with Crippen LogP contribution in [0.1, 0.15) is 45.0 Å². The lowest BCUT2D eigenvalue weighted by atomic mass is 9.99. The average molecular weight is 382 g/mol. The summed E-state index contributed by atoms with van der Waals surface area (Å²) in [7, 11) is 0. The van der Waals surface area contributed by atoms with Gasteiger partial charge in [-0.3, -0.25) is 9.59 Å². The predicted octanol–water partition coefficient (Wildman–Crippen LogP) is 3.56. The molecule has 1 aliphatic rings. The Hall–Kier alpha value is -2.56. The maximum atomic E-state index is 13.4. The molecule has 0 N–H and O–H groups in total. The average Bonchev–Trinajstić information content (AvgIpc) is 3.15. The second kappa shape index (κ2) is 8.63. The number of fused-ring (bicyclic) bond motifs is 1. The zero-order chi connectivity index (χ0) is 20.3. The first-order valence-corrected chi connectivity index (χ1v) is 10.2. The van der Waals surface area contributed by atoms with Crippen LogP contribution in [0.15, 0.2) is 48.7 Å². The summed E-state index contributed by atoms with van der Waals surface area (Å²) in [5, 5.41) is 0. The van der Waals surface area contributed by atoms with Crippen molar-refractivity contribution in [3.05, 3.63) is 59.9 Å². The Morgan fingerprint density at radius 2 is 1.75 bits per heavy atom. The quantitative estimate of drug-likeness (QED) is 0.768. The van der Waals surface area contributed by atoms with Gasteiger partial charge in [-0.25, -0.2) is 0 Å². The summed E-state index contributed by atoms with van der Waals surface area (Å²) < 4.78 is 2.21. The molecule has 5 heteroatoms. The molecule has 0 spiro atoms. The standard InChI is InChI=1S/C23H31N3O2/c1-17(2)15-25(23(28)18(3)4)16-21(27)26-14-13-24-12-8-11-20(24)22(26)19-9-6-5-7-10-19/h5-12,17-18,22H,13-16H2,1-4H3. The van der Waals surface area contributed by atoms with Gasteiger partial charge in [0, 0.05) is 37.4 Å². The lowest BCUT2D eigenvalue weighted by Gasteiger charge is -2.39. The van der Waals surface area contributed by atoms with Crippen molar-refractivity contribution in [1.82, 2.24) is 14.4 Å². The van der Waals surface area contributed by atoms with Crippen LogP contribution in [-0.4, -0.2) is 45.8 Å². The molecule has 1 unspecified atom stereocenters. The zero-order valence-electron chi connectivity index (χ0n) is 17.3. The molecule has 28 heavy (non-hydrogen) atoms. The smallest absolute Gasteiger partial charge is 0.243 e. The molecule has 1 atom stereocenters. The van der Waals surface area contributed by atoms with Gasteiger partial charge in [-0.15, -0.1) is 0 Å². The summed E-state index contributed by atoms with van der Waals surface area (Å²) in [5.74, 6) is 0.253. The molecule has 1 aliphatic heterocycles. The first kappa shape index (κ1) is 20.2. The monoisotopic (exact) mass is 381 g/mol. The van der Waals surface area contributed by atoms with Crippen molar-refractivity contribution in [2.45, 2.75) is 40.3 Å². The fourth-order valence-corrected chi connectivity index (χ4v) is 3.93. The molecule has 0 saturated carbocycles. The summed E-state index contributed by atoms with van der Waals surface area (Å²) >= 11 is 0. The number of carbonyl (C=O) groups is 2. The molecule has 0 fully saturated rings. The van der Waals surface area contributed by atoms with Crippen LogP contribution in [0.4, 0.5) is 0 Å². The van der Waals surface area contributed by atoms with Crippen LogP contribution in [-0.2, 0) is 16.1 Å². The Labute approximate surface area is 167 Å². The molecule has 0 radical (unpaired) electrons. The van der Waals surface area contributed by atoms with Gasteiger partial charge in [0.2, 0.25) is 11.8 Å². The van der Waals surface area contributed by atoms with E-state index >= 15 is 0 Å². The van der Waals surface area contributed by atoms with Crippen molar-refractivity contribution >= 4 is 11.8 Å². The summed E-state index contributed by atoms with van der Waals surface area (Å²) in [4.78, 5) is 29.7. The lowest BCUT2D eigenvalue weighted by molar-refractivity contribution is -0.144. The highest BCUT2D eigenvalue weighted by Gasteiger charge is 2.33. The molecule has 1 aromatic carbocycles. The fourth-order valence-electron chi connectivity index (χ4n) is 3.93. The van der Waals surface area contributed by atoms with Crippen LogP contribution < -0.4 is 0 Å². The van der Waals surface area contributed by atoms with Crippen LogP contribution in [0, 0.1) is 11.8 Å². The normalized spacial score (nSPS) is 16.4. The second-order valence-electron chi connectivity index (χ2n) is 8.29. The Morgan fingerprint density at radius 3 is 2.39 bits per heavy atom. The highest BCUT2D eigenvalue weighted by atomic mass is 16.2. The van der Waals surface area contributed by atoms with Crippen molar-refractivity contribution in [2.24, 2.45) is 11.8 Å². The van der Waals surface area contributed by atoms with Crippen molar-refractivity contribution in [3.63, 3.8) is 0 Å². The lowest BCUT2D eigenvalue weighted by Crippen LogP contribution is -2.49. The Morgan fingerprint density at radius 1 is 1.04 bits per heavy atom. The number of amides is 2. The Balaban J connectivity index is 1.87. The van der Waals surface area contributed by atoms with Crippen LogP contribution in [0.3, 0.4) is 0 Å². The molecule has 0 saturated heterocycles. The van der Waals surface area contributed by atoms with Crippen molar-refractivity contribution < 1.29 is 9.59 Å². The maximum absolute atomic E-state index is 13.4. The van der Waals surface area contributed by atoms with Crippen LogP contribution in [0.5, 0.6) is 0 Å². The van der Waals surface area contributed by atoms with Crippen molar-refractivity contribution in [3.8, 4) is 0 Å². The number of hydrogen-bond acceptors (Lipinski definition) is 2. The van der Waals surface area contributed by atoms with E-state index in [0.29, 0.717) is 19.0 Å². The van der Waals surface area contributed by atoms with Gasteiger partial charge in [0.05, 0.1) is 12.6 Å². The number of carbonyl (C=O) groups excluding carboxylic acids is 2. The second-order valence-corrected chi connectivity index (χ2v) is 8.29. The molecule has 5 nitrogen and oxygen atoms in total. The molecule has 0 aliphatic carbocycles. The van der Waals surface area contributed by atoms with E-state index in [2.05, 4.69) is 42.8 Å². The summed E-state index contributed by atoms with van der Waals surface area (Å²) in [5.41, 5.74) is 2.22. The summed E-state index contributed by atoms with van der Waals surface area (Å²) in [6.45, 7) is 10.1. The van der Waals surface area contributed by atoms with Gasteiger partial charge in [0.1, 0.15) is 0 Å². The minimum absolute atomic E-state index is 0.0101. The summed E-state index contributed by atoms with van der Waals surface area (Å²) in [6, 6.07) is 14.1. The van der Waals surface area contributed by atoms with Gasteiger partial charge in [-0.05, 0) is 23.6 Å². The van der Waals surface area contributed by atoms with E-state index in [1.165, 1.54) is 0 Å². The van der Waals surface area contributed by atoms with E-state index in [9.17, 15) is 9.59 Å². The minimum atomic E-state index is -0.118. The van der Waals surface area contributed by atoms with Gasteiger partial charge in [-0.1, -0.05) is 58.0 Å². The molecule has 150 valence electrons. The van der Waals surface area contributed by atoms with Gasteiger partial charge in [-0.2, -0.15) is 0 Å². The highest BCUT2D eigenvalue weighted by molar-refractivity contribution is 5.86. The van der Waals surface area contributed by atoms with Gasteiger partial charge >= 0.3 is 0 Å². The van der Waals surface area contributed by atoms with Crippen LogP contribution in [0.2, 0.25) is 0 Å². The molecule has 0 bridgehead atoms. The van der Waals surface area contributed by atoms with Crippen LogP contribution in [0.25, 0.3) is 0 Å². The highest BCUT2D eigenvalue weighted by Crippen LogP contribution is 2.32. The number of hydrogen-bond donors (Lipinski definition) is 0. The summed E-state index contributed by atoms with van der Waals surface area (Å²) in [6.07, 6.45) is 2.07. The maximum Gasteiger partial charge on any atom is 0.243 e. The van der Waals surface area contributed by atoms with Crippen molar-refractivity contribution in [2.75, 3.05) is 19.6 Å². The van der Waals surface area contributed by atoms with E-state index in [0.717, 1.165) is 17.8 Å². The third kappa shape index (κ3) is 4.29. The van der Waals surface area contributed by atoms with Gasteiger partial charge in [0.25, 0.3) is 0 Å². The van der Waals surface area contributed by atoms with E-state index in [4.69, 9.17) is 0 Å². The van der Waals surface area contributed by atoms with E-state index in [1.807, 2.05) is 43.0 Å². The molecule has 2 aromatic rings. The third-order valence-electron chi connectivity index (χ3n) is 5.19. The first-order chi connectivity index (χ1) is 13.4. The number of rotatable bonds is 6. The molecular weight excluding hydrogens is 350 g/mol.